The molecular formula is C18H18O. The summed E-state index contributed by atoms with van der Waals surface area (Å²) in [6.45, 7) is 7.58. The lowest BCUT2D eigenvalue weighted by Crippen LogP contribution is -1.95. The molecule has 19 heavy (non-hydrogen) atoms. The van der Waals surface area contributed by atoms with Crippen LogP contribution in [0, 0.1) is 0 Å². The maximum Gasteiger partial charge on any atom is 0.119 e. The molecule has 2 aromatic carbocycles. The summed E-state index contributed by atoms with van der Waals surface area (Å²) in [5, 5.41) is 10.1. The Morgan fingerprint density at radius 1 is 0.895 bits per heavy atom. The van der Waals surface area contributed by atoms with Crippen LogP contribution in [0.5, 0.6) is 5.75 Å². The van der Waals surface area contributed by atoms with E-state index in [-0.39, 0.29) is 0 Å². The second kappa shape index (κ2) is 6.05. The lowest BCUT2D eigenvalue weighted by molar-refractivity contribution is 0.470. The molecule has 1 N–H and O–H groups in total. The van der Waals surface area contributed by atoms with Crippen LogP contribution < -0.4 is 0 Å². The highest BCUT2D eigenvalue weighted by Gasteiger charge is 2.12. The van der Waals surface area contributed by atoms with Gasteiger partial charge in [-0.05, 0) is 35.6 Å². The fraction of sp³-hybridized carbons (Fsp3) is 0.111. The second-order valence-corrected chi connectivity index (χ2v) is 4.45. The number of rotatable bonds is 5. The number of benzene rings is 2. The van der Waals surface area contributed by atoms with Gasteiger partial charge in [-0.1, -0.05) is 48.6 Å². The maximum absolute atomic E-state index is 10.1. The summed E-state index contributed by atoms with van der Waals surface area (Å²) in [6.07, 6.45) is 5.14. The minimum atomic E-state index is 0.326. The minimum absolute atomic E-state index is 0.326. The van der Waals surface area contributed by atoms with Crippen LogP contribution in [-0.4, -0.2) is 5.11 Å². The topological polar surface area (TPSA) is 20.2 Å². The third-order valence-electron chi connectivity index (χ3n) is 3.15. The van der Waals surface area contributed by atoms with Gasteiger partial charge in [0.2, 0.25) is 0 Å². The molecule has 0 fully saturated rings. The quantitative estimate of drug-likeness (QED) is 0.774. The van der Waals surface area contributed by atoms with E-state index in [0.717, 1.165) is 23.1 Å². The predicted octanol–water partition coefficient (Wildman–Crippen LogP) is 4.52. The largest absolute Gasteiger partial charge is 0.508 e. The first kappa shape index (κ1) is 13.2. The van der Waals surface area contributed by atoms with Gasteiger partial charge in [0.1, 0.15) is 5.75 Å². The van der Waals surface area contributed by atoms with Gasteiger partial charge < -0.3 is 5.11 Å². The van der Waals surface area contributed by atoms with Crippen molar-refractivity contribution in [3.05, 3.63) is 78.9 Å². The van der Waals surface area contributed by atoms with E-state index in [1.54, 1.807) is 6.07 Å². The Balaban J connectivity index is 2.68. The summed E-state index contributed by atoms with van der Waals surface area (Å²) in [7, 11) is 0. The van der Waals surface area contributed by atoms with Crippen molar-refractivity contribution in [1.29, 1.82) is 0 Å². The molecule has 0 amide bonds. The van der Waals surface area contributed by atoms with Crippen LogP contribution in [-0.2, 0) is 12.8 Å². The first-order valence-electron chi connectivity index (χ1n) is 6.39. The Bertz CT molecular complexity index is 582. The van der Waals surface area contributed by atoms with Gasteiger partial charge in [-0.2, -0.15) is 0 Å². The van der Waals surface area contributed by atoms with Crippen LogP contribution in [0.4, 0.5) is 0 Å². The van der Waals surface area contributed by atoms with E-state index in [0.29, 0.717) is 12.2 Å². The lowest BCUT2D eigenvalue weighted by Gasteiger charge is -2.15. The number of hydrogen-bond acceptors (Lipinski definition) is 1. The van der Waals surface area contributed by atoms with E-state index >= 15 is 0 Å². The zero-order chi connectivity index (χ0) is 13.7. The Hall–Kier alpha value is -2.28. The number of aromatic hydroxyl groups is 1. The zero-order valence-corrected chi connectivity index (χ0v) is 11.0. The van der Waals surface area contributed by atoms with Crippen molar-refractivity contribution in [1.82, 2.24) is 0 Å². The van der Waals surface area contributed by atoms with Gasteiger partial charge in [0.05, 0.1) is 0 Å². The van der Waals surface area contributed by atoms with Crippen molar-refractivity contribution in [2.24, 2.45) is 0 Å². The Morgan fingerprint density at radius 3 is 2.21 bits per heavy atom. The zero-order valence-electron chi connectivity index (χ0n) is 11.0. The molecule has 0 radical (unpaired) electrons. The molecule has 2 aromatic rings. The third-order valence-corrected chi connectivity index (χ3v) is 3.15. The summed E-state index contributed by atoms with van der Waals surface area (Å²) in [6, 6.07) is 13.9. The van der Waals surface area contributed by atoms with Crippen molar-refractivity contribution in [3.63, 3.8) is 0 Å². The Kier molecular flexibility index (Phi) is 4.19. The third kappa shape index (κ3) is 2.76. The monoisotopic (exact) mass is 250 g/mol. The molecule has 0 bridgehead atoms. The molecule has 0 saturated heterocycles. The van der Waals surface area contributed by atoms with Crippen LogP contribution >= 0.6 is 0 Å². The van der Waals surface area contributed by atoms with Gasteiger partial charge in [-0.15, -0.1) is 13.2 Å². The summed E-state index contributed by atoms with van der Waals surface area (Å²) < 4.78 is 0. The smallest absolute Gasteiger partial charge is 0.119 e. The molecule has 1 nitrogen and oxygen atoms in total. The molecular weight excluding hydrogens is 232 g/mol. The average molecular weight is 250 g/mol. The normalized spacial score (nSPS) is 10.1. The fourth-order valence-electron chi connectivity index (χ4n) is 2.33. The molecule has 0 aromatic heterocycles. The molecule has 96 valence electrons. The first-order valence-corrected chi connectivity index (χ1v) is 6.39. The van der Waals surface area contributed by atoms with Crippen molar-refractivity contribution in [2.75, 3.05) is 0 Å². The van der Waals surface area contributed by atoms with Crippen molar-refractivity contribution < 1.29 is 5.11 Å². The first-order chi connectivity index (χ1) is 9.27. The molecule has 0 saturated carbocycles. The van der Waals surface area contributed by atoms with Crippen LogP contribution in [0.3, 0.4) is 0 Å². The highest BCUT2D eigenvalue weighted by molar-refractivity contribution is 5.74. The lowest BCUT2D eigenvalue weighted by atomic mass is 9.90. The van der Waals surface area contributed by atoms with E-state index in [1.807, 2.05) is 36.4 Å². The van der Waals surface area contributed by atoms with Crippen LogP contribution in [0.2, 0.25) is 0 Å². The Labute approximate surface area is 114 Å². The second-order valence-electron chi connectivity index (χ2n) is 4.45. The minimum Gasteiger partial charge on any atom is -0.508 e. The average Bonchev–Trinajstić information content (AvgIpc) is 2.44. The summed E-state index contributed by atoms with van der Waals surface area (Å²) in [5.41, 5.74) is 4.32. The van der Waals surface area contributed by atoms with E-state index in [4.69, 9.17) is 0 Å². The van der Waals surface area contributed by atoms with Crippen molar-refractivity contribution in [3.8, 4) is 16.9 Å². The van der Waals surface area contributed by atoms with E-state index < -0.39 is 0 Å². The van der Waals surface area contributed by atoms with Gasteiger partial charge in [0.25, 0.3) is 0 Å². The van der Waals surface area contributed by atoms with Gasteiger partial charge in [-0.25, -0.2) is 0 Å². The van der Waals surface area contributed by atoms with Gasteiger partial charge in [0.15, 0.2) is 0 Å². The highest BCUT2D eigenvalue weighted by Crippen LogP contribution is 2.34. The molecule has 1 heteroatoms. The van der Waals surface area contributed by atoms with Gasteiger partial charge >= 0.3 is 0 Å². The predicted molar refractivity (Wildman–Crippen MR) is 81.3 cm³/mol. The van der Waals surface area contributed by atoms with Crippen LogP contribution in [0.1, 0.15) is 11.1 Å². The molecule has 0 aliphatic heterocycles. The summed E-state index contributed by atoms with van der Waals surface area (Å²) in [4.78, 5) is 0. The number of phenolic OH excluding ortho intramolecular Hbond substituents is 1. The number of hydrogen-bond donors (Lipinski definition) is 1. The summed E-state index contributed by atoms with van der Waals surface area (Å²) >= 11 is 0. The molecule has 0 unspecified atom stereocenters. The van der Waals surface area contributed by atoms with E-state index in [1.165, 1.54) is 5.56 Å². The SMILES string of the molecule is C=CCc1ccc(O)c(CC=C)c1-c1ccccc1. The standard InChI is InChI=1S/C18H18O/c1-3-8-14-12-13-17(19)16(9-4-2)18(14)15-10-6-5-7-11-15/h3-7,10-13,19H,1-2,8-9H2. The van der Waals surface area contributed by atoms with Crippen molar-refractivity contribution >= 4 is 0 Å². The summed E-state index contributed by atoms with van der Waals surface area (Å²) in [5.74, 6) is 0.326. The van der Waals surface area contributed by atoms with Crippen LogP contribution in [0.15, 0.2) is 67.8 Å². The molecule has 0 spiro atoms. The van der Waals surface area contributed by atoms with Gasteiger partial charge in [0, 0.05) is 5.56 Å². The molecule has 0 aliphatic carbocycles. The number of phenols is 1. The van der Waals surface area contributed by atoms with E-state index in [2.05, 4.69) is 25.3 Å². The number of allylic oxidation sites excluding steroid dienone is 2. The van der Waals surface area contributed by atoms with Gasteiger partial charge in [-0.3, -0.25) is 0 Å². The van der Waals surface area contributed by atoms with Crippen LogP contribution in [0.25, 0.3) is 11.1 Å². The molecule has 0 aliphatic rings. The molecule has 0 atom stereocenters. The Morgan fingerprint density at radius 2 is 1.58 bits per heavy atom. The van der Waals surface area contributed by atoms with Crippen molar-refractivity contribution in [2.45, 2.75) is 12.8 Å². The fourth-order valence-corrected chi connectivity index (χ4v) is 2.33. The maximum atomic E-state index is 10.1. The molecule has 0 heterocycles. The highest BCUT2D eigenvalue weighted by atomic mass is 16.3. The molecule has 2 rings (SSSR count). The van der Waals surface area contributed by atoms with E-state index in [9.17, 15) is 5.11 Å².